The lowest BCUT2D eigenvalue weighted by Gasteiger charge is -2.25. The third-order valence-corrected chi connectivity index (χ3v) is 2.15. The Balaban J connectivity index is 2.44. The molecular formula is C8H15NO2. The minimum Gasteiger partial charge on any atom is -0.629 e. The summed E-state index contributed by atoms with van der Waals surface area (Å²) >= 11 is 0. The molecule has 1 rings (SSSR count). The molecule has 2 unspecified atom stereocenters. The summed E-state index contributed by atoms with van der Waals surface area (Å²) in [5, 5.41) is 11.1. The molecule has 0 radical (unpaired) electrons. The van der Waals surface area contributed by atoms with Gasteiger partial charge in [-0.05, 0) is 18.9 Å². The van der Waals surface area contributed by atoms with Gasteiger partial charge in [0.1, 0.15) is 5.70 Å². The molecule has 1 aliphatic carbocycles. The van der Waals surface area contributed by atoms with Gasteiger partial charge in [-0.2, -0.15) is 0 Å². The van der Waals surface area contributed by atoms with Crippen LogP contribution in [-0.2, 0) is 4.74 Å². The highest BCUT2D eigenvalue weighted by Crippen LogP contribution is 2.15. The molecule has 0 aromatic rings. The molecule has 3 heteroatoms. The van der Waals surface area contributed by atoms with E-state index in [0.29, 0.717) is 6.10 Å². The van der Waals surface area contributed by atoms with Crippen molar-refractivity contribution in [3.05, 3.63) is 17.0 Å². The summed E-state index contributed by atoms with van der Waals surface area (Å²) in [6, 6.07) is 0. The van der Waals surface area contributed by atoms with Gasteiger partial charge < -0.3 is 15.0 Å². The van der Waals surface area contributed by atoms with Crippen LogP contribution in [0.15, 0.2) is 11.8 Å². The van der Waals surface area contributed by atoms with Crippen molar-refractivity contribution in [3.63, 3.8) is 0 Å². The van der Waals surface area contributed by atoms with Gasteiger partial charge in [-0.15, -0.1) is 0 Å². The number of rotatable bonds is 2. The van der Waals surface area contributed by atoms with Crippen LogP contribution in [-0.4, -0.2) is 20.3 Å². The zero-order valence-corrected chi connectivity index (χ0v) is 7.09. The van der Waals surface area contributed by atoms with Crippen LogP contribution in [0.2, 0.25) is 0 Å². The Kier molecular flexibility index (Phi) is 3.05. The summed E-state index contributed by atoms with van der Waals surface area (Å²) in [7, 11) is 3.34. The molecule has 2 atom stereocenters. The quantitative estimate of drug-likeness (QED) is 0.576. The molecule has 0 spiro atoms. The van der Waals surface area contributed by atoms with Gasteiger partial charge in [-0.25, -0.2) is 0 Å². The van der Waals surface area contributed by atoms with E-state index in [1.165, 1.54) is 0 Å². The van der Waals surface area contributed by atoms with Crippen LogP contribution in [0.4, 0.5) is 0 Å². The Morgan fingerprint density at radius 2 is 2.45 bits per heavy atom. The maximum absolute atomic E-state index is 10.9. The number of ether oxygens (including phenoxy) is 1. The Labute approximate surface area is 67.2 Å². The van der Waals surface area contributed by atoms with Crippen molar-refractivity contribution in [2.45, 2.75) is 25.4 Å². The number of hydroxylamine groups is 2. The van der Waals surface area contributed by atoms with E-state index in [4.69, 9.17) is 4.74 Å². The monoisotopic (exact) mass is 157 g/mol. The van der Waals surface area contributed by atoms with Crippen LogP contribution in [0, 0.1) is 5.21 Å². The Hall–Kier alpha value is -0.380. The lowest BCUT2D eigenvalue weighted by atomic mass is 10.0. The minimum atomic E-state index is 0.208. The molecule has 0 fully saturated rings. The predicted molar refractivity (Wildman–Crippen MR) is 43.0 cm³/mol. The van der Waals surface area contributed by atoms with Crippen LogP contribution in [0.25, 0.3) is 0 Å². The first-order chi connectivity index (χ1) is 5.24. The molecule has 11 heavy (non-hydrogen) atoms. The lowest BCUT2D eigenvalue weighted by Crippen LogP contribution is -3.01. The fraction of sp³-hybridized carbons (Fsp3) is 0.750. The third-order valence-electron chi connectivity index (χ3n) is 2.15. The molecule has 0 saturated carbocycles. The molecule has 0 amide bonds. The molecule has 64 valence electrons. The van der Waals surface area contributed by atoms with E-state index in [1.807, 2.05) is 6.08 Å². The van der Waals surface area contributed by atoms with Crippen LogP contribution in [0.5, 0.6) is 0 Å². The Morgan fingerprint density at radius 1 is 1.73 bits per heavy atom. The normalized spacial score (nSPS) is 27.9. The van der Waals surface area contributed by atoms with Crippen LogP contribution in [0.1, 0.15) is 19.3 Å². The van der Waals surface area contributed by atoms with E-state index in [0.717, 1.165) is 25.0 Å². The molecule has 0 bridgehead atoms. The first kappa shape index (κ1) is 8.71. The maximum Gasteiger partial charge on any atom is 0.103 e. The van der Waals surface area contributed by atoms with Gasteiger partial charge in [0, 0.05) is 13.5 Å². The van der Waals surface area contributed by atoms with Crippen LogP contribution in [0.3, 0.4) is 0 Å². The number of hydrogen-bond donors (Lipinski definition) is 1. The minimum absolute atomic E-state index is 0.208. The summed E-state index contributed by atoms with van der Waals surface area (Å²) in [5.41, 5.74) is 0.971. The van der Waals surface area contributed by atoms with E-state index in [2.05, 4.69) is 0 Å². The molecule has 0 aromatic carbocycles. The highest BCUT2D eigenvalue weighted by molar-refractivity contribution is 4.98. The summed E-state index contributed by atoms with van der Waals surface area (Å²) in [6.07, 6.45) is 5.10. The molecule has 0 aliphatic heterocycles. The average Bonchev–Trinajstić information content (AvgIpc) is 2.05. The zero-order chi connectivity index (χ0) is 8.27. The molecule has 0 saturated heterocycles. The van der Waals surface area contributed by atoms with Crippen LogP contribution < -0.4 is 5.06 Å². The van der Waals surface area contributed by atoms with Crippen molar-refractivity contribution < 1.29 is 9.80 Å². The van der Waals surface area contributed by atoms with Crippen molar-refractivity contribution in [2.24, 2.45) is 0 Å². The SMILES string of the molecule is COC1CC=C([NH+](C)[O-])CC1. The second kappa shape index (κ2) is 3.85. The Bertz CT molecular complexity index is 154. The number of methoxy groups -OCH3 is 1. The van der Waals surface area contributed by atoms with Crippen molar-refractivity contribution in [2.75, 3.05) is 14.2 Å². The van der Waals surface area contributed by atoms with Crippen molar-refractivity contribution >= 4 is 0 Å². The highest BCUT2D eigenvalue weighted by Gasteiger charge is 2.15. The van der Waals surface area contributed by atoms with Gasteiger partial charge in [0.25, 0.3) is 0 Å². The molecule has 0 aromatic heterocycles. The molecule has 1 N–H and O–H groups in total. The smallest absolute Gasteiger partial charge is 0.103 e. The van der Waals surface area contributed by atoms with Crippen LogP contribution >= 0.6 is 0 Å². The average molecular weight is 157 g/mol. The van der Waals surface area contributed by atoms with Gasteiger partial charge in [-0.3, -0.25) is 0 Å². The topological polar surface area (TPSA) is 36.7 Å². The van der Waals surface area contributed by atoms with E-state index in [9.17, 15) is 5.21 Å². The molecule has 3 nitrogen and oxygen atoms in total. The van der Waals surface area contributed by atoms with E-state index < -0.39 is 0 Å². The van der Waals surface area contributed by atoms with Crippen molar-refractivity contribution in [1.82, 2.24) is 0 Å². The zero-order valence-electron chi connectivity index (χ0n) is 7.09. The van der Waals surface area contributed by atoms with Gasteiger partial charge in [-0.1, -0.05) is 0 Å². The molecule has 1 aliphatic rings. The van der Waals surface area contributed by atoms with Crippen molar-refractivity contribution in [1.29, 1.82) is 0 Å². The highest BCUT2D eigenvalue weighted by atomic mass is 16.5. The number of quaternary nitrogens is 1. The van der Waals surface area contributed by atoms with Crippen molar-refractivity contribution in [3.8, 4) is 0 Å². The number of allylic oxidation sites excluding steroid dienone is 1. The lowest BCUT2D eigenvalue weighted by molar-refractivity contribution is -0.784. The molecular weight excluding hydrogens is 142 g/mol. The fourth-order valence-corrected chi connectivity index (χ4v) is 1.34. The standard InChI is InChI=1S/C8H15NO2/c1-9(10)7-3-5-8(11-2)6-4-7/h3,8-9H,4-6H2,1-2H3. The van der Waals surface area contributed by atoms with E-state index in [1.54, 1.807) is 14.2 Å². The Morgan fingerprint density at radius 3 is 2.82 bits per heavy atom. The maximum atomic E-state index is 10.9. The van der Waals surface area contributed by atoms with E-state index in [-0.39, 0.29) is 5.06 Å². The summed E-state index contributed by atoms with van der Waals surface area (Å²) in [6.45, 7) is 0. The summed E-state index contributed by atoms with van der Waals surface area (Å²) < 4.78 is 5.16. The number of hydrogen-bond acceptors (Lipinski definition) is 2. The second-order valence-electron chi connectivity index (χ2n) is 2.92. The van der Waals surface area contributed by atoms with Gasteiger partial charge in [0.05, 0.1) is 13.2 Å². The number of nitrogens with one attached hydrogen (secondary N) is 1. The van der Waals surface area contributed by atoms with Gasteiger partial charge in [0.15, 0.2) is 0 Å². The van der Waals surface area contributed by atoms with E-state index >= 15 is 0 Å². The van der Waals surface area contributed by atoms with Gasteiger partial charge >= 0.3 is 0 Å². The molecule has 0 heterocycles. The first-order valence-electron chi connectivity index (χ1n) is 3.97. The summed E-state index contributed by atoms with van der Waals surface area (Å²) in [5.74, 6) is 0. The third kappa shape index (κ3) is 2.29. The predicted octanol–water partition coefficient (Wildman–Crippen LogP) is 0.0817. The fourth-order valence-electron chi connectivity index (χ4n) is 1.34. The summed E-state index contributed by atoms with van der Waals surface area (Å²) in [4.78, 5) is 0. The largest absolute Gasteiger partial charge is 0.629 e. The second-order valence-corrected chi connectivity index (χ2v) is 2.92. The van der Waals surface area contributed by atoms with Gasteiger partial charge in [0.2, 0.25) is 0 Å². The first-order valence-corrected chi connectivity index (χ1v) is 3.97.